The summed E-state index contributed by atoms with van der Waals surface area (Å²) in [6.07, 6.45) is 0.971. The Bertz CT molecular complexity index is 352. The third-order valence-electron chi connectivity index (χ3n) is 1.99. The first-order valence-corrected chi connectivity index (χ1v) is 5.23. The van der Waals surface area contributed by atoms with Crippen molar-refractivity contribution < 1.29 is 4.74 Å². The molecule has 0 atom stereocenters. The van der Waals surface area contributed by atoms with Crippen LogP contribution in [0.1, 0.15) is 13.3 Å². The summed E-state index contributed by atoms with van der Waals surface area (Å²) in [5.41, 5.74) is 3.35. The molecule has 0 unspecified atom stereocenters. The molecular formula is C11H18N4O. The Morgan fingerprint density at radius 3 is 2.81 bits per heavy atom. The first-order valence-electron chi connectivity index (χ1n) is 5.23. The van der Waals surface area contributed by atoms with Gasteiger partial charge in [0.15, 0.2) is 0 Å². The van der Waals surface area contributed by atoms with Crippen LogP contribution < -0.4 is 21.3 Å². The van der Waals surface area contributed by atoms with Crippen molar-refractivity contribution in [3.05, 3.63) is 24.3 Å². The number of hydrazine groups is 1. The van der Waals surface area contributed by atoms with Crippen LogP contribution >= 0.6 is 0 Å². The van der Waals surface area contributed by atoms with E-state index in [2.05, 4.69) is 22.7 Å². The molecule has 0 heterocycles. The number of nitrogens with one attached hydrogen (secondary N) is 2. The normalized spacial score (nSPS) is 11.1. The number of rotatable bonds is 4. The molecule has 0 aliphatic carbocycles. The van der Waals surface area contributed by atoms with E-state index in [0.717, 1.165) is 24.4 Å². The number of ether oxygens (including phenoxy) is 1. The van der Waals surface area contributed by atoms with Crippen molar-refractivity contribution in [2.45, 2.75) is 13.3 Å². The highest BCUT2D eigenvalue weighted by molar-refractivity contribution is 5.94. The topological polar surface area (TPSA) is 71.7 Å². The van der Waals surface area contributed by atoms with Crippen LogP contribution in [0.2, 0.25) is 0 Å². The maximum atomic E-state index is 5.37. The van der Waals surface area contributed by atoms with Crippen molar-refractivity contribution in [3.8, 4) is 5.75 Å². The third kappa shape index (κ3) is 3.43. The maximum absolute atomic E-state index is 5.37. The third-order valence-corrected chi connectivity index (χ3v) is 1.99. The van der Waals surface area contributed by atoms with Crippen molar-refractivity contribution in [2.75, 3.05) is 19.0 Å². The second kappa shape index (κ2) is 6.68. The minimum absolute atomic E-state index is 0.534. The monoisotopic (exact) mass is 222 g/mol. The first kappa shape index (κ1) is 12.3. The van der Waals surface area contributed by atoms with Crippen LogP contribution in [0, 0.1) is 0 Å². The van der Waals surface area contributed by atoms with E-state index in [9.17, 15) is 0 Å². The number of nitrogens with zero attached hydrogens (tertiary/aromatic N) is 1. The SMILES string of the molecule is CCCN=C(NN)Nc1ccccc1OC. The molecule has 0 aromatic heterocycles. The van der Waals surface area contributed by atoms with Crippen LogP contribution in [0.15, 0.2) is 29.3 Å². The quantitative estimate of drug-likeness (QED) is 0.311. The number of hydrogen-bond donors (Lipinski definition) is 3. The van der Waals surface area contributed by atoms with E-state index in [1.807, 2.05) is 24.3 Å². The maximum Gasteiger partial charge on any atom is 0.210 e. The molecule has 1 aromatic carbocycles. The van der Waals surface area contributed by atoms with Crippen LogP contribution in [-0.2, 0) is 0 Å². The fourth-order valence-corrected chi connectivity index (χ4v) is 1.22. The lowest BCUT2D eigenvalue weighted by Gasteiger charge is -2.12. The molecule has 1 aromatic rings. The van der Waals surface area contributed by atoms with Crippen molar-refractivity contribution in [3.63, 3.8) is 0 Å². The van der Waals surface area contributed by atoms with Gasteiger partial charge in [-0.25, -0.2) is 5.84 Å². The van der Waals surface area contributed by atoms with Gasteiger partial charge in [-0.3, -0.25) is 10.4 Å². The van der Waals surface area contributed by atoms with Gasteiger partial charge >= 0.3 is 0 Å². The molecule has 1 rings (SSSR count). The van der Waals surface area contributed by atoms with E-state index >= 15 is 0 Å². The minimum Gasteiger partial charge on any atom is -0.495 e. The second-order valence-electron chi connectivity index (χ2n) is 3.20. The Kier molecular flexibility index (Phi) is 5.15. The predicted octanol–water partition coefficient (Wildman–Crippen LogP) is 1.34. The molecule has 88 valence electrons. The van der Waals surface area contributed by atoms with Gasteiger partial charge in [0.1, 0.15) is 5.75 Å². The summed E-state index contributed by atoms with van der Waals surface area (Å²) in [5.74, 6) is 6.65. The summed E-state index contributed by atoms with van der Waals surface area (Å²) < 4.78 is 5.21. The largest absolute Gasteiger partial charge is 0.495 e. The van der Waals surface area contributed by atoms with Gasteiger partial charge in [0, 0.05) is 6.54 Å². The summed E-state index contributed by atoms with van der Waals surface area (Å²) in [4.78, 5) is 4.25. The highest BCUT2D eigenvalue weighted by Crippen LogP contribution is 2.22. The zero-order valence-electron chi connectivity index (χ0n) is 9.66. The molecule has 0 radical (unpaired) electrons. The number of aliphatic imine (C=N–C) groups is 1. The van der Waals surface area contributed by atoms with Crippen LogP contribution in [-0.4, -0.2) is 19.6 Å². The van der Waals surface area contributed by atoms with Crippen LogP contribution in [0.25, 0.3) is 0 Å². The molecule has 0 amide bonds. The van der Waals surface area contributed by atoms with Crippen LogP contribution in [0.3, 0.4) is 0 Å². The second-order valence-corrected chi connectivity index (χ2v) is 3.20. The van der Waals surface area contributed by atoms with E-state index in [4.69, 9.17) is 10.6 Å². The number of benzene rings is 1. The van der Waals surface area contributed by atoms with Gasteiger partial charge in [0.05, 0.1) is 12.8 Å². The van der Waals surface area contributed by atoms with E-state index < -0.39 is 0 Å². The van der Waals surface area contributed by atoms with Gasteiger partial charge in [-0.15, -0.1) is 0 Å². The van der Waals surface area contributed by atoms with Crippen molar-refractivity contribution in [1.29, 1.82) is 0 Å². The van der Waals surface area contributed by atoms with Gasteiger partial charge < -0.3 is 10.1 Å². The van der Waals surface area contributed by atoms with E-state index in [0.29, 0.717) is 5.96 Å². The molecule has 0 aliphatic rings. The highest BCUT2D eigenvalue weighted by atomic mass is 16.5. The van der Waals surface area contributed by atoms with Crippen LogP contribution in [0.5, 0.6) is 5.75 Å². The zero-order chi connectivity index (χ0) is 11.8. The average molecular weight is 222 g/mol. The summed E-state index contributed by atoms with van der Waals surface area (Å²) in [5, 5.41) is 3.07. The Morgan fingerprint density at radius 1 is 1.44 bits per heavy atom. The summed E-state index contributed by atoms with van der Waals surface area (Å²) >= 11 is 0. The Balaban J connectivity index is 2.77. The standard InChI is InChI=1S/C11H18N4O/c1-3-8-13-11(15-12)14-9-6-4-5-7-10(9)16-2/h4-7H,3,8,12H2,1-2H3,(H2,13,14,15). The molecule has 0 fully saturated rings. The highest BCUT2D eigenvalue weighted by Gasteiger charge is 2.03. The molecule has 0 bridgehead atoms. The number of nitrogens with two attached hydrogens (primary N) is 1. The molecule has 5 nitrogen and oxygen atoms in total. The fourth-order valence-electron chi connectivity index (χ4n) is 1.22. The van der Waals surface area contributed by atoms with Gasteiger partial charge in [0.2, 0.25) is 5.96 Å². The number of anilines is 1. The lowest BCUT2D eigenvalue weighted by Crippen LogP contribution is -2.36. The van der Waals surface area contributed by atoms with E-state index in [1.165, 1.54) is 0 Å². The predicted molar refractivity (Wildman–Crippen MR) is 66.5 cm³/mol. The summed E-state index contributed by atoms with van der Waals surface area (Å²) in [6.45, 7) is 2.78. The van der Waals surface area contributed by atoms with Gasteiger partial charge in [0.25, 0.3) is 0 Å². The molecule has 16 heavy (non-hydrogen) atoms. The van der Waals surface area contributed by atoms with Crippen molar-refractivity contribution in [1.82, 2.24) is 5.43 Å². The fraction of sp³-hybridized carbons (Fsp3) is 0.364. The lowest BCUT2D eigenvalue weighted by molar-refractivity contribution is 0.417. The van der Waals surface area contributed by atoms with Crippen molar-refractivity contribution in [2.24, 2.45) is 10.8 Å². The minimum atomic E-state index is 0.534. The number of para-hydroxylation sites is 2. The smallest absolute Gasteiger partial charge is 0.210 e. The molecule has 5 heteroatoms. The molecule has 0 saturated carbocycles. The lowest BCUT2D eigenvalue weighted by atomic mass is 10.3. The summed E-state index contributed by atoms with van der Waals surface area (Å²) in [6, 6.07) is 7.59. The van der Waals surface area contributed by atoms with Crippen molar-refractivity contribution >= 4 is 11.6 Å². The van der Waals surface area contributed by atoms with Gasteiger partial charge in [-0.2, -0.15) is 0 Å². The molecule has 4 N–H and O–H groups in total. The van der Waals surface area contributed by atoms with E-state index in [-0.39, 0.29) is 0 Å². The average Bonchev–Trinajstić information content (AvgIpc) is 2.34. The van der Waals surface area contributed by atoms with E-state index in [1.54, 1.807) is 7.11 Å². The Labute approximate surface area is 95.7 Å². The molecule has 0 aliphatic heterocycles. The molecule has 0 saturated heterocycles. The molecular weight excluding hydrogens is 204 g/mol. The number of guanidine groups is 1. The summed E-state index contributed by atoms with van der Waals surface area (Å²) in [7, 11) is 1.62. The van der Waals surface area contributed by atoms with Gasteiger partial charge in [-0.1, -0.05) is 19.1 Å². The molecule has 0 spiro atoms. The first-order chi connectivity index (χ1) is 7.81. The Morgan fingerprint density at radius 2 is 2.19 bits per heavy atom. The Hall–Kier alpha value is -1.75. The zero-order valence-corrected chi connectivity index (χ0v) is 9.66. The van der Waals surface area contributed by atoms with Gasteiger partial charge in [-0.05, 0) is 18.6 Å². The number of methoxy groups -OCH3 is 1. The van der Waals surface area contributed by atoms with Crippen LogP contribution in [0.4, 0.5) is 5.69 Å². The number of hydrogen-bond acceptors (Lipinski definition) is 3.